The smallest absolute Gasteiger partial charge is 0.410 e. The van der Waals surface area contributed by atoms with Gasteiger partial charge in [0, 0.05) is 19.5 Å². The van der Waals surface area contributed by atoms with Crippen LogP contribution in [0.5, 0.6) is 5.75 Å². The van der Waals surface area contributed by atoms with Gasteiger partial charge >= 0.3 is 12.1 Å². The molecule has 7 heteroatoms. The summed E-state index contributed by atoms with van der Waals surface area (Å²) in [6, 6.07) is 5.80. The molecule has 2 aliphatic heterocycles. The van der Waals surface area contributed by atoms with Crippen molar-refractivity contribution in [1.29, 1.82) is 0 Å². The Hall–Kier alpha value is -2.57. The maximum absolute atomic E-state index is 12.9. The van der Waals surface area contributed by atoms with Crippen molar-refractivity contribution in [3.05, 3.63) is 29.3 Å². The topological polar surface area (TPSA) is 82.1 Å². The minimum Gasteiger partial charge on any atom is -0.489 e. The van der Waals surface area contributed by atoms with E-state index in [1.807, 2.05) is 45.9 Å². The molecule has 0 radical (unpaired) electrons. The minimum atomic E-state index is -0.516. The number of esters is 1. The number of methoxy groups -OCH3 is 1. The number of piperidine rings is 1. The molecule has 1 aliphatic carbocycles. The number of carbonyl (C=O) groups excluding carboxylic acids is 3. The Morgan fingerprint density at radius 1 is 1.12 bits per heavy atom. The second kappa shape index (κ2) is 9.59. The van der Waals surface area contributed by atoms with Crippen molar-refractivity contribution in [2.45, 2.75) is 77.4 Å². The number of amides is 1. The summed E-state index contributed by atoms with van der Waals surface area (Å²) in [6.45, 7) is 8.71. The molecule has 2 fully saturated rings. The molecular formula is C27H37NO6. The Balaban J connectivity index is 1.45. The van der Waals surface area contributed by atoms with Gasteiger partial charge in [0.05, 0.1) is 18.6 Å². The van der Waals surface area contributed by atoms with Crippen molar-refractivity contribution >= 4 is 17.8 Å². The van der Waals surface area contributed by atoms with Crippen LogP contribution in [-0.4, -0.2) is 54.7 Å². The summed E-state index contributed by atoms with van der Waals surface area (Å²) < 4.78 is 16.9. The molecule has 1 saturated carbocycles. The molecule has 1 saturated heterocycles. The van der Waals surface area contributed by atoms with Crippen LogP contribution < -0.4 is 4.74 Å². The molecule has 3 aliphatic rings. The number of hydrogen-bond donors (Lipinski definition) is 0. The average molecular weight is 472 g/mol. The lowest BCUT2D eigenvalue weighted by Crippen LogP contribution is -2.45. The van der Waals surface area contributed by atoms with Crippen molar-refractivity contribution in [2.24, 2.45) is 17.8 Å². The molecule has 3 atom stereocenters. The predicted octanol–water partition coefficient (Wildman–Crippen LogP) is 4.97. The molecule has 34 heavy (non-hydrogen) atoms. The monoisotopic (exact) mass is 471 g/mol. The predicted molar refractivity (Wildman–Crippen MR) is 127 cm³/mol. The SMILES string of the molecule is COC(=O)C(C)C(c1ccc2c(c1)OC(C1CCN(C(=O)OC(C)(C)C)CC1)CC2=O)C1CC1. The summed E-state index contributed by atoms with van der Waals surface area (Å²) in [5.74, 6) is 0.984. The summed E-state index contributed by atoms with van der Waals surface area (Å²) in [5.41, 5.74) is 1.14. The molecule has 4 rings (SSSR count). The third-order valence-corrected chi connectivity index (χ3v) is 7.31. The van der Waals surface area contributed by atoms with Gasteiger partial charge in [0.1, 0.15) is 17.5 Å². The van der Waals surface area contributed by atoms with Crippen LogP contribution in [-0.2, 0) is 14.3 Å². The summed E-state index contributed by atoms with van der Waals surface area (Å²) in [6.07, 6.45) is 3.62. The average Bonchev–Trinajstić information content (AvgIpc) is 3.62. The lowest BCUT2D eigenvalue weighted by Gasteiger charge is -2.38. The summed E-state index contributed by atoms with van der Waals surface area (Å²) in [4.78, 5) is 39.3. The number of hydrogen-bond acceptors (Lipinski definition) is 6. The van der Waals surface area contributed by atoms with E-state index in [4.69, 9.17) is 14.2 Å². The fraction of sp³-hybridized carbons (Fsp3) is 0.667. The van der Waals surface area contributed by atoms with Gasteiger partial charge < -0.3 is 19.1 Å². The first-order chi connectivity index (χ1) is 16.1. The summed E-state index contributed by atoms with van der Waals surface area (Å²) >= 11 is 0. The van der Waals surface area contributed by atoms with Gasteiger partial charge in [0.25, 0.3) is 0 Å². The molecule has 1 aromatic rings. The minimum absolute atomic E-state index is 0.0638. The first-order valence-electron chi connectivity index (χ1n) is 12.5. The normalized spacial score (nSPS) is 22.9. The first kappa shape index (κ1) is 24.6. The molecule has 1 amide bonds. The Morgan fingerprint density at radius 2 is 1.79 bits per heavy atom. The third-order valence-electron chi connectivity index (χ3n) is 7.31. The van der Waals surface area contributed by atoms with Gasteiger partial charge in [-0.25, -0.2) is 4.79 Å². The van der Waals surface area contributed by atoms with Crippen LogP contribution in [0.25, 0.3) is 0 Å². The number of fused-ring (bicyclic) bond motifs is 1. The van der Waals surface area contributed by atoms with Gasteiger partial charge in [-0.05, 0) is 81.9 Å². The molecule has 0 bridgehead atoms. The maximum atomic E-state index is 12.9. The number of ketones is 1. The van der Waals surface area contributed by atoms with Crippen molar-refractivity contribution in [2.75, 3.05) is 20.2 Å². The van der Waals surface area contributed by atoms with Crippen molar-refractivity contribution in [1.82, 2.24) is 4.90 Å². The number of nitrogens with zero attached hydrogens (tertiary/aromatic N) is 1. The van der Waals surface area contributed by atoms with Gasteiger partial charge in [-0.1, -0.05) is 13.0 Å². The van der Waals surface area contributed by atoms with Gasteiger partial charge in [-0.15, -0.1) is 0 Å². The highest BCUT2D eigenvalue weighted by atomic mass is 16.6. The van der Waals surface area contributed by atoms with E-state index >= 15 is 0 Å². The molecule has 7 nitrogen and oxygen atoms in total. The van der Waals surface area contributed by atoms with E-state index < -0.39 is 5.60 Å². The molecular weight excluding hydrogens is 434 g/mol. The van der Waals surface area contributed by atoms with E-state index in [0.717, 1.165) is 31.2 Å². The standard InChI is InChI=1S/C27H37NO6/c1-16(25(30)32-5)24(18-6-7-18)19-8-9-20-21(29)15-22(33-23(20)14-19)17-10-12-28(13-11-17)26(31)34-27(2,3)4/h8-9,14,16-18,22,24H,6-7,10-13,15H2,1-5H3. The van der Waals surface area contributed by atoms with E-state index in [0.29, 0.717) is 36.7 Å². The molecule has 186 valence electrons. The van der Waals surface area contributed by atoms with Crippen LogP contribution in [0.3, 0.4) is 0 Å². The zero-order valence-corrected chi connectivity index (χ0v) is 21.0. The molecule has 0 aromatic heterocycles. The number of likely N-dealkylation sites (tertiary alicyclic amines) is 1. The molecule has 1 aromatic carbocycles. The van der Waals surface area contributed by atoms with Crippen LogP contribution in [0.1, 0.15) is 81.6 Å². The van der Waals surface area contributed by atoms with E-state index in [2.05, 4.69) is 0 Å². The highest BCUT2D eigenvalue weighted by Gasteiger charge is 2.41. The third kappa shape index (κ3) is 5.39. The van der Waals surface area contributed by atoms with Gasteiger partial charge in [-0.3, -0.25) is 9.59 Å². The van der Waals surface area contributed by atoms with Crippen LogP contribution >= 0.6 is 0 Å². The maximum Gasteiger partial charge on any atom is 0.410 e. The number of Topliss-reactive ketones (excluding diaryl/α,β-unsaturated/α-hetero) is 1. The van der Waals surface area contributed by atoms with Gasteiger partial charge in [-0.2, -0.15) is 0 Å². The fourth-order valence-electron chi connectivity index (χ4n) is 5.37. The highest BCUT2D eigenvalue weighted by Crippen LogP contribution is 2.48. The van der Waals surface area contributed by atoms with Crippen LogP contribution in [0, 0.1) is 17.8 Å². The second-order valence-electron chi connectivity index (χ2n) is 11.0. The lowest BCUT2D eigenvalue weighted by molar-refractivity contribution is -0.145. The number of benzene rings is 1. The number of carbonyl (C=O) groups is 3. The van der Waals surface area contributed by atoms with Crippen LogP contribution in [0.2, 0.25) is 0 Å². The van der Waals surface area contributed by atoms with E-state index in [1.165, 1.54) is 7.11 Å². The zero-order chi connectivity index (χ0) is 24.6. The number of rotatable bonds is 5. The van der Waals surface area contributed by atoms with Crippen molar-refractivity contribution in [3.8, 4) is 5.75 Å². The van der Waals surface area contributed by atoms with E-state index in [9.17, 15) is 14.4 Å². The molecule has 0 spiro atoms. The summed E-state index contributed by atoms with van der Waals surface area (Å²) in [7, 11) is 1.43. The zero-order valence-electron chi connectivity index (χ0n) is 21.0. The first-order valence-corrected chi connectivity index (χ1v) is 12.5. The highest BCUT2D eigenvalue weighted by molar-refractivity contribution is 6.00. The molecule has 3 unspecified atom stereocenters. The second-order valence-corrected chi connectivity index (χ2v) is 11.0. The van der Waals surface area contributed by atoms with Crippen LogP contribution in [0.4, 0.5) is 4.79 Å². The largest absolute Gasteiger partial charge is 0.489 e. The Bertz CT molecular complexity index is 939. The van der Waals surface area contributed by atoms with Crippen molar-refractivity contribution < 1.29 is 28.6 Å². The van der Waals surface area contributed by atoms with Crippen LogP contribution in [0.15, 0.2) is 18.2 Å². The Labute approximate surface area is 202 Å². The van der Waals surface area contributed by atoms with Crippen molar-refractivity contribution in [3.63, 3.8) is 0 Å². The summed E-state index contributed by atoms with van der Waals surface area (Å²) in [5, 5.41) is 0. The van der Waals surface area contributed by atoms with E-state index in [-0.39, 0.29) is 41.7 Å². The lowest BCUT2D eigenvalue weighted by atomic mass is 9.81. The quantitative estimate of drug-likeness (QED) is 0.564. The van der Waals surface area contributed by atoms with E-state index in [1.54, 1.807) is 4.90 Å². The fourth-order valence-corrected chi connectivity index (χ4v) is 5.37. The Kier molecular flexibility index (Phi) is 6.92. The molecule has 0 N–H and O–H groups in total. The molecule has 2 heterocycles. The van der Waals surface area contributed by atoms with Gasteiger partial charge in [0.2, 0.25) is 0 Å². The number of ether oxygens (including phenoxy) is 3. The van der Waals surface area contributed by atoms with Gasteiger partial charge in [0.15, 0.2) is 5.78 Å². The Morgan fingerprint density at radius 3 is 2.38 bits per heavy atom.